The summed E-state index contributed by atoms with van der Waals surface area (Å²) in [6.45, 7) is 6.91. The highest BCUT2D eigenvalue weighted by Crippen LogP contribution is 2.29. The molecule has 0 amide bonds. The lowest BCUT2D eigenvalue weighted by atomic mass is 10.1. The van der Waals surface area contributed by atoms with Crippen molar-refractivity contribution in [1.82, 2.24) is 9.47 Å². The number of likely N-dealkylation sites (tertiary alicyclic amines) is 1. The Morgan fingerprint density at radius 2 is 2.00 bits per heavy atom. The standard InChI is InChI=1S/C18H26N2O4/c1-12-13(2)24-16-9-15(18(22)23-3)20(17(12)16)11-14(21)10-19-7-5-4-6-8-19/h9,14,21H,4-8,10-11H2,1-3H3/t14-/m1/s1. The van der Waals surface area contributed by atoms with Crippen molar-refractivity contribution in [2.24, 2.45) is 0 Å². The van der Waals surface area contributed by atoms with Crippen LogP contribution in [-0.2, 0) is 11.3 Å². The predicted molar refractivity (Wildman–Crippen MR) is 91.3 cm³/mol. The van der Waals surface area contributed by atoms with Gasteiger partial charge in [-0.1, -0.05) is 6.42 Å². The van der Waals surface area contributed by atoms with E-state index in [9.17, 15) is 9.90 Å². The summed E-state index contributed by atoms with van der Waals surface area (Å²) in [4.78, 5) is 14.4. The van der Waals surface area contributed by atoms with E-state index in [1.54, 1.807) is 6.07 Å². The second kappa shape index (κ2) is 6.99. The summed E-state index contributed by atoms with van der Waals surface area (Å²) in [6.07, 6.45) is 3.10. The molecule has 2 aromatic heterocycles. The van der Waals surface area contributed by atoms with Crippen molar-refractivity contribution in [1.29, 1.82) is 0 Å². The van der Waals surface area contributed by atoms with Gasteiger partial charge in [-0.25, -0.2) is 4.79 Å². The van der Waals surface area contributed by atoms with E-state index in [0.29, 0.717) is 24.4 Å². The van der Waals surface area contributed by atoms with Gasteiger partial charge in [0.05, 0.1) is 25.3 Å². The Hall–Kier alpha value is -1.79. The number of hydrogen-bond donors (Lipinski definition) is 1. The van der Waals surface area contributed by atoms with Gasteiger partial charge < -0.3 is 23.7 Å². The monoisotopic (exact) mass is 334 g/mol. The number of piperidine rings is 1. The van der Waals surface area contributed by atoms with Gasteiger partial charge in [-0.3, -0.25) is 0 Å². The van der Waals surface area contributed by atoms with Gasteiger partial charge in [0.25, 0.3) is 0 Å². The summed E-state index contributed by atoms with van der Waals surface area (Å²) in [5, 5.41) is 10.6. The molecule has 3 rings (SSSR count). The number of hydrogen-bond acceptors (Lipinski definition) is 5. The molecule has 6 heteroatoms. The Morgan fingerprint density at radius 1 is 1.29 bits per heavy atom. The molecule has 6 nitrogen and oxygen atoms in total. The number of carbonyl (C=O) groups is 1. The van der Waals surface area contributed by atoms with Gasteiger partial charge in [0.1, 0.15) is 11.5 Å². The summed E-state index contributed by atoms with van der Waals surface area (Å²) in [5.41, 5.74) is 2.94. The molecule has 0 bridgehead atoms. The summed E-state index contributed by atoms with van der Waals surface area (Å²) in [6, 6.07) is 1.70. The number of nitrogens with zero attached hydrogens (tertiary/aromatic N) is 2. The molecule has 2 aromatic rings. The van der Waals surface area contributed by atoms with Gasteiger partial charge >= 0.3 is 5.97 Å². The molecule has 0 spiro atoms. The number of aryl methyl sites for hydroxylation is 2. The van der Waals surface area contributed by atoms with E-state index in [2.05, 4.69) is 4.90 Å². The molecule has 3 heterocycles. The van der Waals surface area contributed by atoms with Crippen molar-refractivity contribution in [3.8, 4) is 0 Å². The van der Waals surface area contributed by atoms with E-state index in [1.165, 1.54) is 26.4 Å². The Morgan fingerprint density at radius 3 is 2.67 bits per heavy atom. The number of furan rings is 1. The van der Waals surface area contributed by atoms with Crippen molar-refractivity contribution < 1.29 is 19.1 Å². The fraction of sp³-hybridized carbons (Fsp3) is 0.611. The highest BCUT2D eigenvalue weighted by atomic mass is 16.5. The molecule has 0 radical (unpaired) electrons. The molecule has 0 saturated carbocycles. The third-order valence-corrected chi connectivity index (χ3v) is 4.91. The van der Waals surface area contributed by atoms with Crippen LogP contribution in [0.25, 0.3) is 11.1 Å². The Balaban J connectivity index is 1.86. The lowest BCUT2D eigenvalue weighted by Gasteiger charge is -2.28. The second-order valence-corrected chi connectivity index (χ2v) is 6.64. The third kappa shape index (κ3) is 3.21. The number of rotatable bonds is 5. The van der Waals surface area contributed by atoms with E-state index in [-0.39, 0.29) is 0 Å². The van der Waals surface area contributed by atoms with Gasteiger partial charge in [0, 0.05) is 18.2 Å². The smallest absolute Gasteiger partial charge is 0.354 e. The Kier molecular flexibility index (Phi) is 4.96. The van der Waals surface area contributed by atoms with Crippen LogP contribution in [0.15, 0.2) is 10.5 Å². The van der Waals surface area contributed by atoms with Crippen LogP contribution in [0.1, 0.15) is 41.1 Å². The molecule has 1 fully saturated rings. The number of aliphatic hydroxyl groups excluding tert-OH is 1. The summed E-state index contributed by atoms with van der Waals surface area (Å²) < 4.78 is 12.4. The maximum Gasteiger partial charge on any atom is 0.354 e. The number of β-amino-alcohol motifs (C(OH)–C–C–N with tert-alkyl or cyclic N) is 1. The average molecular weight is 334 g/mol. The number of ether oxygens (including phenoxy) is 1. The first-order valence-electron chi connectivity index (χ1n) is 8.59. The van der Waals surface area contributed by atoms with Crippen molar-refractivity contribution in [2.45, 2.75) is 45.8 Å². The molecular weight excluding hydrogens is 308 g/mol. The zero-order valence-corrected chi connectivity index (χ0v) is 14.7. The number of aliphatic hydroxyl groups is 1. The van der Waals surface area contributed by atoms with Gasteiger partial charge in [-0.05, 0) is 39.8 Å². The Bertz CT molecular complexity index is 725. The first-order chi connectivity index (χ1) is 11.5. The van der Waals surface area contributed by atoms with Gasteiger partial charge in [-0.2, -0.15) is 0 Å². The van der Waals surface area contributed by atoms with E-state index >= 15 is 0 Å². The number of fused-ring (bicyclic) bond motifs is 1. The highest BCUT2D eigenvalue weighted by molar-refractivity contribution is 5.95. The number of esters is 1. The Labute approximate surface area is 142 Å². The minimum Gasteiger partial charge on any atom is -0.464 e. The summed E-state index contributed by atoms with van der Waals surface area (Å²) in [7, 11) is 1.36. The van der Waals surface area contributed by atoms with Crippen molar-refractivity contribution in [3.05, 3.63) is 23.1 Å². The predicted octanol–water partition coefficient (Wildman–Crippen LogP) is 2.48. The fourth-order valence-corrected chi connectivity index (χ4v) is 3.57. The first kappa shape index (κ1) is 17.0. The number of aromatic nitrogens is 1. The van der Waals surface area contributed by atoms with Crippen LogP contribution in [0.5, 0.6) is 0 Å². The molecule has 1 aliphatic rings. The van der Waals surface area contributed by atoms with E-state index in [1.807, 2.05) is 18.4 Å². The minimum atomic E-state index is -0.545. The van der Waals surface area contributed by atoms with Crippen LogP contribution < -0.4 is 0 Å². The molecule has 132 valence electrons. The van der Waals surface area contributed by atoms with Crippen LogP contribution in [0, 0.1) is 13.8 Å². The lowest BCUT2D eigenvalue weighted by molar-refractivity contribution is 0.0576. The number of carbonyl (C=O) groups excluding carboxylic acids is 1. The summed E-state index contributed by atoms with van der Waals surface area (Å²) in [5.74, 6) is 0.416. The lowest BCUT2D eigenvalue weighted by Crippen LogP contribution is -2.38. The molecular formula is C18H26N2O4. The van der Waals surface area contributed by atoms with Crippen LogP contribution in [0.2, 0.25) is 0 Å². The summed E-state index contributed by atoms with van der Waals surface area (Å²) >= 11 is 0. The maximum atomic E-state index is 12.1. The molecule has 0 unspecified atom stereocenters. The fourth-order valence-electron chi connectivity index (χ4n) is 3.57. The molecule has 0 aliphatic carbocycles. The zero-order chi connectivity index (χ0) is 17.3. The highest BCUT2D eigenvalue weighted by Gasteiger charge is 2.24. The van der Waals surface area contributed by atoms with E-state index in [0.717, 1.165) is 29.9 Å². The topological polar surface area (TPSA) is 67.8 Å². The van der Waals surface area contributed by atoms with Crippen molar-refractivity contribution in [2.75, 3.05) is 26.7 Å². The van der Waals surface area contributed by atoms with Gasteiger partial charge in [0.15, 0.2) is 5.58 Å². The normalized spacial score (nSPS) is 17.3. The van der Waals surface area contributed by atoms with Crippen LogP contribution >= 0.6 is 0 Å². The molecule has 1 N–H and O–H groups in total. The minimum absolute atomic E-state index is 0.351. The van der Waals surface area contributed by atoms with Gasteiger partial charge in [-0.15, -0.1) is 0 Å². The SMILES string of the molecule is COC(=O)c1cc2oc(C)c(C)c2n1C[C@H](O)CN1CCCCC1. The zero-order valence-electron chi connectivity index (χ0n) is 14.7. The van der Waals surface area contributed by atoms with Crippen molar-refractivity contribution >= 4 is 17.1 Å². The quantitative estimate of drug-likeness (QED) is 0.851. The molecule has 1 saturated heterocycles. The molecule has 1 aliphatic heterocycles. The average Bonchev–Trinajstić information content (AvgIpc) is 3.05. The largest absolute Gasteiger partial charge is 0.464 e. The van der Waals surface area contributed by atoms with Crippen LogP contribution in [0.3, 0.4) is 0 Å². The van der Waals surface area contributed by atoms with E-state index < -0.39 is 12.1 Å². The van der Waals surface area contributed by atoms with Crippen molar-refractivity contribution in [3.63, 3.8) is 0 Å². The molecule has 24 heavy (non-hydrogen) atoms. The molecule has 0 aromatic carbocycles. The van der Waals surface area contributed by atoms with Crippen LogP contribution in [-0.4, -0.2) is 53.4 Å². The molecule has 1 atom stereocenters. The third-order valence-electron chi connectivity index (χ3n) is 4.91. The number of methoxy groups -OCH3 is 1. The van der Waals surface area contributed by atoms with Gasteiger partial charge in [0.2, 0.25) is 0 Å². The second-order valence-electron chi connectivity index (χ2n) is 6.64. The first-order valence-corrected chi connectivity index (χ1v) is 8.59. The maximum absolute atomic E-state index is 12.1. The van der Waals surface area contributed by atoms with Crippen LogP contribution in [0.4, 0.5) is 0 Å². The van der Waals surface area contributed by atoms with E-state index in [4.69, 9.17) is 9.15 Å².